The minimum Gasteiger partial charge on any atom is -0.464 e. The van der Waals surface area contributed by atoms with E-state index in [0.717, 1.165) is 59.1 Å². The standard InChI is InChI=1S/C52H60FN9O8S/c1-6-9-33-13-15-42(71-33)50-62-37-14-12-30(35-26-54-46(56-35)39-11-8-19-61(39)49(64)45(59-52(66)68-5)29-16-20-69-21-17-29)22-32(37)24-40(62)43-34(53)23-31(25-41(43)70-50)36-27-55-47(57-36)38-10-7-18-60(38)48(63)44(28(2)3)58-51(65)67-4/h12-15,22-29,38-39,44-45,50H,6-11,16-21H2,1-5H3,(H,54,56)(H,55,57)(H,58,65)(H,59,66)/t38-,39-,44-,45-,50-/m0/s1. The lowest BCUT2D eigenvalue weighted by molar-refractivity contribution is -0.137. The molecule has 0 aliphatic carbocycles. The summed E-state index contributed by atoms with van der Waals surface area (Å²) in [5.41, 5.74) is 4.65. The number of benzene rings is 2. The van der Waals surface area contributed by atoms with Gasteiger partial charge >= 0.3 is 12.2 Å². The van der Waals surface area contributed by atoms with Crippen molar-refractivity contribution in [3.8, 4) is 39.5 Å². The zero-order chi connectivity index (χ0) is 49.5. The number of nitrogens with one attached hydrogen (secondary N) is 4. The molecule has 4 amide bonds. The van der Waals surface area contributed by atoms with Gasteiger partial charge in [0.25, 0.3) is 0 Å². The molecule has 0 bridgehead atoms. The number of carbonyl (C=O) groups excluding carboxylic acids is 4. The Kier molecular flexibility index (Phi) is 13.6. The van der Waals surface area contributed by atoms with Crippen molar-refractivity contribution >= 4 is 46.2 Å². The highest BCUT2D eigenvalue weighted by Gasteiger charge is 2.41. The quantitative estimate of drug-likeness (QED) is 0.0866. The first-order chi connectivity index (χ1) is 34.4. The number of amides is 4. The van der Waals surface area contributed by atoms with Crippen molar-refractivity contribution in [3.05, 3.63) is 88.1 Å². The maximum Gasteiger partial charge on any atom is 0.407 e. The number of methoxy groups -OCH3 is 2. The van der Waals surface area contributed by atoms with Crippen LogP contribution in [-0.4, -0.2) is 111 Å². The molecule has 0 radical (unpaired) electrons. The van der Waals surface area contributed by atoms with Gasteiger partial charge in [0.1, 0.15) is 35.3 Å². The van der Waals surface area contributed by atoms with Gasteiger partial charge in [-0.05, 0) is 99.2 Å². The summed E-state index contributed by atoms with van der Waals surface area (Å²) in [5.74, 6) is 0.551. The summed E-state index contributed by atoms with van der Waals surface area (Å²) in [7, 11) is 2.57. The van der Waals surface area contributed by atoms with E-state index < -0.39 is 36.3 Å². The topological polar surface area (TPSA) is 198 Å². The second-order valence-electron chi connectivity index (χ2n) is 19.2. The third kappa shape index (κ3) is 9.25. The molecule has 10 rings (SSSR count). The number of alkyl carbamates (subject to hydrolysis) is 2. The summed E-state index contributed by atoms with van der Waals surface area (Å²) in [6, 6.07) is 13.5. The van der Waals surface area contributed by atoms with Gasteiger partial charge in [0.2, 0.25) is 18.0 Å². The maximum absolute atomic E-state index is 17.0. The van der Waals surface area contributed by atoms with E-state index in [1.54, 1.807) is 28.6 Å². The average molecular weight is 990 g/mol. The molecule has 71 heavy (non-hydrogen) atoms. The molecule has 17 nitrogen and oxygen atoms in total. The number of imidazole rings is 2. The molecular weight excluding hydrogens is 930 g/mol. The Bertz CT molecular complexity index is 2960. The van der Waals surface area contributed by atoms with Crippen LogP contribution in [0.15, 0.2) is 60.9 Å². The fourth-order valence-corrected chi connectivity index (χ4v) is 11.9. The molecule has 5 atom stereocenters. The predicted molar refractivity (Wildman–Crippen MR) is 264 cm³/mol. The average Bonchev–Trinajstić information content (AvgIpc) is 4.24. The van der Waals surface area contributed by atoms with Gasteiger partial charge in [-0.25, -0.2) is 23.9 Å². The lowest BCUT2D eigenvalue weighted by atomic mass is 9.90. The van der Waals surface area contributed by atoms with Crippen LogP contribution in [0.1, 0.15) is 105 Å². The van der Waals surface area contributed by atoms with E-state index in [-0.39, 0.29) is 35.7 Å². The Morgan fingerprint density at radius 2 is 1.49 bits per heavy atom. The first-order valence-electron chi connectivity index (χ1n) is 24.7. The second kappa shape index (κ2) is 20.2. The van der Waals surface area contributed by atoms with Gasteiger partial charge < -0.3 is 49.3 Å². The van der Waals surface area contributed by atoms with Gasteiger partial charge in [-0.1, -0.05) is 33.3 Å². The normalized spacial score (nSPS) is 19.8. The summed E-state index contributed by atoms with van der Waals surface area (Å²) in [6.45, 7) is 8.01. The number of hydrogen-bond acceptors (Lipinski definition) is 11. The van der Waals surface area contributed by atoms with E-state index in [9.17, 15) is 19.2 Å². The third-order valence-electron chi connectivity index (χ3n) is 14.4. The molecular formula is C52H60FN9O8S. The van der Waals surface area contributed by atoms with Gasteiger partial charge in [-0.2, -0.15) is 0 Å². The van der Waals surface area contributed by atoms with E-state index in [0.29, 0.717) is 85.5 Å². The molecule has 0 saturated carbocycles. The number of H-pyrrole nitrogens is 2. The Labute approximate surface area is 414 Å². The number of carbonyl (C=O) groups is 4. The van der Waals surface area contributed by atoms with Crippen molar-refractivity contribution in [1.82, 2.24) is 44.9 Å². The van der Waals surface area contributed by atoms with Crippen molar-refractivity contribution in [3.63, 3.8) is 0 Å². The van der Waals surface area contributed by atoms with E-state index in [1.165, 1.54) is 25.2 Å². The second-order valence-corrected chi connectivity index (χ2v) is 20.4. The zero-order valence-electron chi connectivity index (χ0n) is 40.6. The number of fused-ring (bicyclic) bond motifs is 5. The van der Waals surface area contributed by atoms with Gasteiger partial charge in [0, 0.05) is 47.7 Å². The summed E-state index contributed by atoms with van der Waals surface area (Å²) in [6.07, 6.45) is 7.75. The molecule has 4 aromatic heterocycles. The predicted octanol–water partition coefficient (Wildman–Crippen LogP) is 9.04. The largest absolute Gasteiger partial charge is 0.464 e. The van der Waals surface area contributed by atoms with Crippen LogP contribution in [0, 0.1) is 17.7 Å². The summed E-state index contributed by atoms with van der Waals surface area (Å²) < 4.78 is 41.2. The van der Waals surface area contributed by atoms with E-state index in [4.69, 9.17) is 28.9 Å². The van der Waals surface area contributed by atoms with Crippen molar-refractivity contribution in [2.24, 2.45) is 11.8 Å². The number of nitrogens with zero attached hydrogens (tertiary/aromatic N) is 5. The molecule has 4 N–H and O–H groups in total. The maximum atomic E-state index is 17.0. The highest BCUT2D eigenvalue weighted by molar-refractivity contribution is 7.12. The van der Waals surface area contributed by atoms with Crippen LogP contribution >= 0.6 is 11.3 Å². The fourth-order valence-electron chi connectivity index (χ4n) is 10.8. The molecule has 0 spiro atoms. The number of aromatic nitrogens is 5. The summed E-state index contributed by atoms with van der Waals surface area (Å²) >= 11 is 1.69. The number of ether oxygens (including phenoxy) is 4. The summed E-state index contributed by atoms with van der Waals surface area (Å²) in [5, 5.41) is 6.39. The SMILES string of the molecule is CCCc1ccc([C@@H]2Oc3cc(-c4cnc([C@@H]5CCCN5C(=O)[C@@H](NC(=O)OC)C(C)C)[nH]4)cc(F)c3-c3cc4cc(-c5cnc([C@@H]6CCCN6C(=O)[C@@H](NC(=O)OC)C6CCOCC6)[nH]5)ccc4n32)s1. The Balaban J connectivity index is 0.953. The van der Waals surface area contributed by atoms with Crippen molar-refractivity contribution in [2.75, 3.05) is 40.5 Å². The highest BCUT2D eigenvalue weighted by Crippen LogP contribution is 2.48. The lowest BCUT2D eigenvalue weighted by Crippen LogP contribution is -2.53. The van der Waals surface area contributed by atoms with Crippen molar-refractivity contribution in [2.45, 2.75) is 103 Å². The molecule has 0 unspecified atom stereocenters. The fraction of sp³-hybridized carbons (Fsp3) is 0.462. The van der Waals surface area contributed by atoms with Crippen LogP contribution in [0.2, 0.25) is 0 Å². The number of rotatable bonds is 13. The lowest BCUT2D eigenvalue weighted by Gasteiger charge is -2.34. The van der Waals surface area contributed by atoms with Crippen LogP contribution in [0.5, 0.6) is 5.75 Å². The third-order valence-corrected chi connectivity index (χ3v) is 15.6. The molecule has 374 valence electrons. The van der Waals surface area contributed by atoms with Crippen LogP contribution in [0.3, 0.4) is 0 Å². The number of aromatic amines is 2. The van der Waals surface area contributed by atoms with Gasteiger partial charge in [0.15, 0.2) is 0 Å². The number of hydrogen-bond donors (Lipinski definition) is 4. The first-order valence-corrected chi connectivity index (χ1v) is 25.5. The number of thiophene rings is 1. The Morgan fingerprint density at radius 3 is 2.15 bits per heavy atom. The summed E-state index contributed by atoms with van der Waals surface area (Å²) in [4.78, 5) is 74.9. The first kappa shape index (κ1) is 47.9. The van der Waals surface area contributed by atoms with Crippen LogP contribution in [0.25, 0.3) is 44.7 Å². The monoisotopic (exact) mass is 989 g/mol. The highest BCUT2D eigenvalue weighted by atomic mass is 32.1. The number of halogens is 1. The van der Waals surface area contributed by atoms with E-state index >= 15 is 4.39 Å². The van der Waals surface area contributed by atoms with Crippen LogP contribution < -0.4 is 15.4 Å². The van der Waals surface area contributed by atoms with Gasteiger partial charge in [0.05, 0.1) is 71.7 Å². The Hall–Kier alpha value is -6.73. The van der Waals surface area contributed by atoms with E-state index in [1.807, 2.05) is 43.0 Å². The molecule has 19 heteroatoms. The number of likely N-dealkylation sites (tertiary alicyclic amines) is 2. The Morgan fingerprint density at radius 1 is 0.831 bits per heavy atom. The molecule has 4 aliphatic rings. The molecule has 4 aliphatic heterocycles. The molecule has 3 fully saturated rings. The molecule has 8 heterocycles. The molecule has 3 saturated heterocycles. The van der Waals surface area contributed by atoms with Gasteiger partial charge in [-0.3, -0.25) is 14.2 Å². The van der Waals surface area contributed by atoms with Crippen molar-refractivity contribution < 1.29 is 42.5 Å². The molecule has 2 aromatic carbocycles. The number of aryl methyl sites for hydroxylation is 1. The zero-order valence-corrected chi connectivity index (χ0v) is 41.4. The molecule has 6 aromatic rings. The van der Waals surface area contributed by atoms with Crippen molar-refractivity contribution in [1.29, 1.82) is 0 Å². The van der Waals surface area contributed by atoms with Crippen LogP contribution in [-0.2, 0) is 30.2 Å². The minimum atomic E-state index is -0.772. The van der Waals surface area contributed by atoms with E-state index in [2.05, 4.69) is 50.3 Å². The van der Waals surface area contributed by atoms with Gasteiger partial charge in [-0.15, -0.1) is 11.3 Å². The minimum absolute atomic E-state index is 0.0735. The van der Waals surface area contributed by atoms with Crippen LogP contribution in [0.4, 0.5) is 14.0 Å². The smallest absolute Gasteiger partial charge is 0.407 e.